The van der Waals surface area contributed by atoms with E-state index in [1.54, 1.807) is 6.26 Å². The summed E-state index contributed by atoms with van der Waals surface area (Å²) in [5.74, 6) is 1.14. The molecule has 2 aromatic heterocycles. The monoisotopic (exact) mass is 202 g/mol. The van der Waals surface area contributed by atoms with Gasteiger partial charge in [-0.05, 0) is 31.0 Å². The topological polar surface area (TPSA) is 30.1 Å². The number of hydrogen-bond donors (Lipinski definition) is 1. The van der Waals surface area contributed by atoms with Gasteiger partial charge in [-0.15, -0.1) is 0 Å². The van der Waals surface area contributed by atoms with Gasteiger partial charge in [0.1, 0.15) is 5.76 Å². The summed E-state index contributed by atoms with van der Waals surface area (Å²) >= 11 is 0. The Morgan fingerprint density at radius 2 is 2.20 bits per heavy atom. The van der Waals surface area contributed by atoms with E-state index in [9.17, 15) is 0 Å². The molecule has 0 bridgehead atoms. The molecule has 0 fully saturated rings. The first-order valence-corrected chi connectivity index (χ1v) is 5.39. The highest BCUT2D eigenvalue weighted by molar-refractivity contribution is 5.26. The predicted octanol–water partition coefficient (Wildman–Crippen LogP) is 2.70. The maximum atomic E-state index is 5.46. The summed E-state index contributed by atoms with van der Waals surface area (Å²) < 4.78 is 7.46. The van der Waals surface area contributed by atoms with Gasteiger partial charge in [0, 0.05) is 24.4 Å². The highest BCUT2D eigenvalue weighted by atomic mass is 16.3. The van der Waals surface area contributed by atoms with Crippen LogP contribution in [0.3, 0.4) is 0 Å². The summed E-state index contributed by atoms with van der Waals surface area (Å²) in [5, 5.41) is 0. The van der Waals surface area contributed by atoms with Crippen LogP contribution in [0.15, 0.2) is 41.3 Å². The molecular weight excluding hydrogens is 188 g/mol. The maximum Gasteiger partial charge on any atom is 0.109 e. The first-order chi connectivity index (χ1) is 7.43. The molecule has 0 radical (unpaired) electrons. The van der Waals surface area contributed by atoms with E-state index in [4.69, 9.17) is 4.42 Å². The van der Waals surface area contributed by atoms with E-state index in [0.717, 1.165) is 12.2 Å². The van der Waals surface area contributed by atoms with Crippen LogP contribution in [0.5, 0.6) is 0 Å². The zero-order valence-corrected chi connectivity index (χ0v) is 8.52. The molecule has 0 saturated heterocycles. The van der Waals surface area contributed by atoms with Crippen molar-refractivity contribution in [3.8, 4) is 0 Å². The van der Waals surface area contributed by atoms with E-state index in [-0.39, 0.29) is 0 Å². The quantitative estimate of drug-likeness (QED) is 0.811. The molecule has 15 heavy (non-hydrogen) atoms. The van der Waals surface area contributed by atoms with Gasteiger partial charge >= 0.3 is 0 Å². The molecule has 0 aliphatic heterocycles. The second-order valence-electron chi connectivity index (χ2n) is 3.96. The lowest BCUT2D eigenvalue weighted by atomic mass is 9.94. The van der Waals surface area contributed by atoms with Gasteiger partial charge < -0.3 is 9.84 Å². The Bertz CT molecular complexity index is 430. The van der Waals surface area contributed by atoms with E-state index < -0.39 is 0 Å². The highest BCUT2D eigenvalue weighted by Gasteiger charge is 2.22. The number of rotatable bonds is 2. The lowest BCUT2D eigenvalue weighted by Crippen LogP contribution is -2.22. The molecule has 2 aromatic rings. The summed E-state index contributed by atoms with van der Waals surface area (Å²) in [6.45, 7) is 0. The molecule has 1 atom stereocenters. The fourth-order valence-electron chi connectivity index (χ4n) is 2.22. The number of hydrogen-bond acceptors (Lipinski definition) is 2. The van der Waals surface area contributed by atoms with Gasteiger partial charge in [0.2, 0.25) is 0 Å². The highest BCUT2D eigenvalue weighted by Crippen LogP contribution is 2.30. The van der Waals surface area contributed by atoms with E-state index in [2.05, 4.69) is 11.5 Å². The molecule has 3 rings (SSSR count). The van der Waals surface area contributed by atoms with Gasteiger partial charge in [0.25, 0.3) is 0 Å². The fraction of sp³-hybridized carbons (Fsp3) is 0.333. The van der Waals surface area contributed by atoms with Crippen LogP contribution in [0.25, 0.3) is 0 Å². The lowest BCUT2D eigenvalue weighted by molar-refractivity contribution is 0.452. The predicted molar refractivity (Wildman–Crippen MR) is 58.2 cm³/mol. The zero-order chi connectivity index (χ0) is 10.1. The van der Waals surface area contributed by atoms with Crippen LogP contribution in [0.4, 0.5) is 0 Å². The second-order valence-corrected chi connectivity index (χ2v) is 3.96. The Kier molecular flexibility index (Phi) is 2.02. The van der Waals surface area contributed by atoms with Crippen molar-refractivity contribution in [2.45, 2.75) is 25.3 Å². The van der Waals surface area contributed by atoms with E-state index in [1.165, 1.54) is 18.4 Å². The molecule has 3 nitrogen and oxygen atoms in total. The number of fused-ring (bicyclic) bond motifs is 1. The van der Waals surface area contributed by atoms with Gasteiger partial charge in [-0.3, -0.25) is 4.68 Å². The molecular formula is C12H14N2O. The Labute approximate surface area is 88.7 Å². The van der Waals surface area contributed by atoms with Crippen molar-refractivity contribution < 1.29 is 4.42 Å². The molecule has 0 aromatic carbocycles. The van der Waals surface area contributed by atoms with Crippen molar-refractivity contribution in [3.63, 3.8) is 0 Å². The molecule has 3 heteroatoms. The average molecular weight is 202 g/mol. The number of aryl methyl sites for hydroxylation is 1. The third-order valence-corrected chi connectivity index (χ3v) is 2.96. The number of nitrogens with one attached hydrogen (secondary N) is 1. The van der Waals surface area contributed by atoms with Gasteiger partial charge in [-0.1, -0.05) is 0 Å². The van der Waals surface area contributed by atoms with Crippen molar-refractivity contribution in [2.24, 2.45) is 0 Å². The summed E-state index contributed by atoms with van der Waals surface area (Å²) in [5.41, 5.74) is 4.77. The largest absolute Gasteiger partial charge is 0.469 e. The minimum absolute atomic E-state index is 0.389. The van der Waals surface area contributed by atoms with Crippen LogP contribution in [-0.4, -0.2) is 4.68 Å². The summed E-state index contributed by atoms with van der Waals surface area (Å²) in [6.07, 6.45) is 9.28. The van der Waals surface area contributed by atoms with E-state index in [1.807, 2.05) is 29.2 Å². The summed E-state index contributed by atoms with van der Waals surface area (Å²) in [7, 11) is 0. The van der Waals surface area contributed by atoms with Crippen LogP contribution >= 0.6 is 0 Å². The third kappa shape index (κ3) is 1.54. The average Bonchev–Trinajstić information content (AvgIpc) is 2.87. The normalized spacial score (nSPS) is 19.9. The van der Waals surface area contributed by atoms with Crippen molar-refractivity contribution in [1.82, 2.24) is 4.68 Å². The van der Waals surface area contributed by atoms with Crippen LogP contribution < -0.4 is 5.43 Å². The van der Waals surface area contributed by atoms with Gasteiger partial charge in [0.15, 0.2) is 0 Å². The van der Waals surface area contributed by atoms with E-state index in [0.29, 0.717) is 6.04 Å². The smallest absolute Gasteiger partial charge is 0.109 e. The van der Waals surface area contributed by atoms with Crippen molar-refractivity contribution in [2.75, 3.05) is 5.43 Å². The van der Waals surface area contributed by atoms with Gasteiger partial charge in [0.05, 0.1) is 12.3 Å². The Morgan fingerprint density at radius 1 is 1.33 bits per heavy atom. The minimum atomic E-state index is 0.389. The maximum absolute atomic E-state index is 5.46. The SMILES string of the molecule is c1ccn(NC2CCCc3occc32)c1. The first kappa shape index (κ1) is 8.65. The number of furan rings is 1. The molecule has 0 saturated carbocycles. The molecule has 1 unspecified atom stereocenters. The van der Waals surface area contributed by atoms with E-state index >= 15 is 0 Å². The molecule has 1 aliphatic rings. The molecule has 78 valence electrons. The Balaban J connectivity index is 1.84. The van der Waals surface area contributed by atoms with Crippen molar-refractivity contribution >= 4 is 0 Å². The molecule has 0 amide bonds. The summed E-state index contributed by atoms with van der Waals surface area (Å²) in [4.78, 5) is 0. The first-order valence-electron chi connectivity index (χ1n) is 5.39. The zero-order valence-electron chi connectivity index (χ0n) is 8.52. The lowest BCUT2D eigenvalue weighted by Gasteiger charge is -2.24. The fourth-order valence-corrected chi connectivity index (χ4v) is 2.22. The van der Waals surface area contributed by atoms with Gasteiger partial charge in [-0.25, -0.2) is 0 Å². The second kappa shape index (κ2) is 3.50. The Hall–Kier alpha value is -1.64. The molecule has 1 N–H and O–H groups in total. The number of aromatic nitrogens is 1. The molecule has 0 spiro atoms. The summed E-state index contributed by atoms with van der Waals surface area (Å²) in [6, 6.07) is 6.51. The van der Waals surface area contributed by atoms with Crippen LogP contribution in [0, 0.1) is 0 Å². The van der Waals surface area contributed by atoms with Crippen LogP contribution in [-0.2, 0) is 6.42 Å². The number of nitrogens with zero attached hydrogens (tertiary/aromatic N) is 1. The third-order valence-electron chi connectivity index (χ3n) is 2.96. The molecule has 1 aliphatic carbocycles. The minimum Gasteiger partial charge on any atom is -0.469 e. The van der Waals surface area contributed by atoms with Crippen LogP contribution in [0.2, 0.25) is 0 Å². The standard InChI is InChI=1S/C12H14N2O/c1-2-8-14(7-1)13-11-4-3-5-12-10(11)6-9-15-12/h1-2,6-9,11,13H,3-5H2. The van der Waals surface area contributed by atoms with Crippen molar-refractivity contribution in [3.05, 3.63) is 48.2 Å². The Morgan fingerprint density at radius 3 is 3.07 bits per heavy atom. The van der Waals surface area contributed by atoms with Crippen LogP contribution in [0.1, 0.15) is 30.2 Å². The van der Waals surface area contributed by atoms with Crippen molar-refractivity contribution in [1.29, 1.82) is 0 Å². The van der Waals surface area contributed by atoms with Gasteiger partial charge in [-0.2, -0.15) is 0 Å². The molecule has 2 heterocycles.